The molecular weight excluding hydrogens is 148 g/mol. The summed E-state index contributed by atoms with van der Waals surface area (Å²) in [5, 5.41) is 18.5. The average molecular weight is 162 g/mol. The van der Waals surface area contributed by atoms with E-state index in [1.54, 1.807) is 6.92 Å². The van der Waals surface area contributed by atoms with Crippen LogP contribution in [0.2, 0.25) is 0 Å². The molecule has 0 saturated carbocycles. The van der Waals surface area contributed by atoms with Crippen LogP contribution in [0.4, 0.5) is 0 Å². The standard InChI is InChI=1S/C7H14O4/c1-4-7(9)5(10-2)3-6(8)11-4/h4-9H,3H2,1-2H3/t4-,5+,6+,7?/m0/s1. The molecule has 0 bridgehead atoms. The molecule has 1 fully saturated rings. The number of methoxy groups -OCH3 is 1. The van der Waals surface area contributed by atoms with E-state index >= 15 is 0 Å². The Bertz CT molecular complexity index is 128. The SMILES string of the molecule is CO[C@@H]1C[C@H](O)O[C@@H](C)C1O. The third kappa shape index (κ3) is 1.90. The summed E-state index contributed by atoms with van der Waals surface area (Å²) in [6, 6.07) is 0. The fourth-order valence-electron chi connectivity index (χ4n) is 1.26. The molecule has 0 aromatic carbocycles. The van der Waals surface area contributed by atoms with E-state index in [2.05, 4.69) is 0 Å². The maximum atomic E-state index is 9.39. The van der Waals surface area contributed by atoms with Crippen LogP contribution in [0.5, 0.6) is 0 Å². The highest BCUT2D eigenvalue weighted by Gasteiger charge is 2.34. The third-order valence-corrected chi connectivity index (χ3v) is 1.97. The molecule has 1 rings (SSSR count). The van der Waals surface area contributed by atoms with Crippen molar-refractivity contribution in [3.8, 4) is 0 Å². The summed E-state index contributed by atoms with van der Waals surface area (Å²) in [7, 11) is 1.51. The molecule has 0 spiro atoms. The molecule has 4 heteroatoms. The van der Waals surface area contributed by atoms with Gasteiger partial charge in [0.2, 0.25) is 0 Å². The summed E-state index contributed by atoms with van der Waals surface area (Å²) >= 11 is 0. The van der Waals surface area contributed by atoms with E-state index in [4.69, 9.17) is 14.6 Å². The molecule has 0 aromatic rings. The first-order valence-electron chi connectivity index (χ1n) is 3.69. The zero-order valence-corrected chi connectivity index (χ0v) is 6.73. The number of hydrogen-bond acceptors (Lipinski definition) is 4. The number of ether oxygens (including phenoxy) is 2. The predicted molar refractivity (Wildman–Crippen MR) is 38.0 cm³/mol. The van der Waals surface area contributed by atoms with Crippen LogP contribution in [-0.2, 0) is 9.47 Å². The maximum absolute atomic E-state index is 9.39. The Kier molecular flexibility index (Phi) is 2.84. The first kappa shape index (κ1) is 8.93. The van der Waals surface area contributed by atoms with Crippen LogP contribution in [0.3, 0.4) is 0 Å². The Balaban J connectivity index is 2.51. The van der Waals surface area contributed by atoms with Crippen LogP contribution >= 0.6 is 0 Å². The van der Waals surface area contributed by atoms with Crippen LogP contribution in [0.1, 0.15) is 13.3 Å². The Hall–Kier alpha value is -0.160. The molecule has 2 N–H and O–H groups in total. The molecule has 0 amide bonds. The molecule has 1 aliphatic rings. The highest BCUT2D eigenvalue weighted by atomic mass is 16.6. The second-order valence-corrected chi connectivity index (χ2v) is 2.80. The van der Waals surface area contributed by atoms with Crippen LogP contribution in [-0.4, -0.2) is 41.9 Å². The third-order valence-electron chi connectivity index (χ3n) is 1.97. The minimum atomic E-state index is -0.807. The molecule has 0 aromatic heterocycles. The summed E-state index contributed by atoms with van der Waals surface area (Å²) in [6.45, 7) is 1.71. The molecule has 0 aliphatic carbocycles. The monoisotopic (exact) mass is 162 g/mol. The zero-order valence-electron chi connectivity index (χ0n) is 6.73. The zero-order chi connectivity index (χ0) is 8.43. The fourth-order valence-corrected chi connectivity index (χ4v) is 1.26. The molecule has 1 unspecified atom stereocenters. The number of hydrogen-bond donors (Lipinski definition) is 2. The fraction of sp³-hybridized carbons (Fsp3) is 1.00. The Morgan fingerprint density at radius 3 is 2.64 bits per heavy atom. The summed E-state index contributed by atoms with van der Waals surface area (Å²) < 4.78 is 9.91. The van der Waals surface area contributed by atoms with Gasteiger partial charge in [-0.15, -0.1) is 0 Å². The smallest absolute Gasteiger partial charge is 0.157 e. The van der Waals surface area contributed by atoms with Gasteiger partial charge in [-0.2, -0.15) is 0 Å². The Morgan fingerprint density at radius 2 is 2.09 bits per heavy atom. The summed E-state index contributed by atoms with van der Waals surface area (Å²) in [4.78, 5) is 0. The van der Waals surface area contributed by atoms with Gasteiger partial charge in [0.15, 0.2) is 6.29 Å². The maximum Gasteiger partial charge on any atom is 0.157 e. The van der Waals surface area contributed by atoms with Gasteiger partial charge in [0.25, 0.3) is 0 Å². The Labute approximate surface area is 65.7 Å². The van der Waals surface area contributed by atoms with Gasteiger partial charge in [0.05, 0.1) is 12.2 Å². The van der Waals surface area contributed by atoms with Gasteiger partial charge in [0.1, 0.15) is 6.10 Å². The van der Waals surface area contributed by atoms with Crippen molar-refractivity contribution in [3.05, 3.63) is 0 Å². The van der Waals surface area contributed by atoms with E-state index in [-0.39, 0.29) is 12.2 Å². The molecule has 1 heterocycles. The van der Waals surface area contributed by atoms with E-state index in [0.717, 1.165) is 0 Å². The first-order valence-corrected chi connectivity index (χ1v) is 3.69. The van der Waals surface area contributed by atoms with Crippen LogP contribution < -0.4 is 0 Å². The van der Waals surface area contributed by atoms with Crippen LogP contribution in [0.25, 0.3) is 0 Å². The van der Waals surface area contributed by atoms with Crippen LogP contribution in [0, 0.1) is 0 Å². The lowest BCUT2D eigenvalue weighted by atomic mass is 10.0. The normalized spacial score (nSPS) is 45.8. The lowest BCUT2D eigenvalue weighted by Gasteiger charge is -2.34. The van der Waals surface area contributed by atoms with Crippen molar-refractivity contribution in [2.45, 2.75) is 37.9 Å². The van der Waals surface area contributed by atoms with Gasteiger partial charge in [-0.3, -0.25) is 0 Å². The molecule has 1 aliphatic heterocycles. The van der Waals surface area contributed by atoms with Gasteiger partial charge in [-0.1, -0.05) is 0 Å². The van der Waals surface area contributed by atoms with Crippen LogP contribution in [0.15, 0.2) is 0 Å². The first-order chi connectivity index (χ1) is 5.15. The summed E-state index contributed by atoms with van der Waals surface area (Å²) in [5.41, 5.74) is 0. The van der Waals surface area contributed by atoms with Gasteiger partial charge in [-0.05, 0) is 6.92 Å². The van der Waals surface area contributed by atoms with E-state index in [1.807, 2.05) is 0 Å². The van der Waals surface area contributed by atoms with Gasteiger partial charge >= 0.3 is 0 Å². The van der Waals surface area contributed by atoms with Crippen molar-refractivity contribution < 1.29 is 19.7 Å². The largest absolute Gasteiger partial charge is 0.388 e. The molecule has 4 nitrogen and oxygen atoms in total. The van der Waals surface area contributed by atoms with Crippen molar-refractivity contribution in [2.24, 2.45) is 0 Å². The number of aliphatic hydroxyl groups excluding tert-OH is 2. The second kappa shape index (κ2) is 3.49. The summed E-state index contributed by atoms with van der Waals surface area (Å²) in [6.07, 6.45) is -1.78. The Morgan fingerprint density at radius 1 is 1.45 bits per heavy atom. The molecule has 66 valence electrons. The topological polar surface area (TPSA) is 58.9 Å². The highest BCUT2D eigenvalue weighted by molar-refractivity contribution is 4.80. The van der Waals surface area contributed by atoms with Crippen molar-refractivity contribution in [2.75, 3.05) is 7.11 Å². The minimum absolute atomic E-state index is 0.311. The molecule has 0 radical (unpaired) electrons. The second-order valence-electron chi connectivity index (χ2n) is 2.80. The predicted octanol–water partition coefficient (Wildman–Crippen LogP) is -0.510. The van der Waals surface area contributed by atoms with E-state index in [1.165, 1.54) is 7.11 Å². The van der Waals surface area contributed by atoms with E-state index < -0.39 is 12.4 Å². The van der Waals surface area contributed by atoms with Crippen molar-refractivity contribution in [1.29, 1.82) is 0 Å². The lowest BCUT2D eigenvalue weighted by molar-refractivity contribution is -0.231. The van der Waals surface area contributed by atoms with E-state index in [0.29, 0.717) is 6.42 Å². The summed E-state index contributed by atoms with van der Waals surface area (Å²) in [5.74, 6) is 0. The van der Waals surface area contributed by atoms with Crippen molar-refractivity contribution >= 4 is 0 Å². The van der Waals surface area contributed by atoms with Gasteiger partial charge in [-0.25, -0.2) is 0 Å². The number of rotatable bonds is 1. The van der Waals surface area contributed by atoms with Gasteiger partial charge in [0, 0.05) is 13.5 Å². The molecule has 4 atom stereocenters. The molecule has 1 saturated heterocycles. The van der Waals surface area contributed by atoms with Gasteiger partial charge < -0.3 is 19.7 Å². The quantitative estimate of drug-likeness (QED) is 0.545. The highest BCUT2D eigenvalue weighted by Crippen LogP contribution is 2.20. The molecular formula is C7H14O4. The van der Waals surface area contributed by atoms with Crippen molar-refractivity contribution in [3.63, 3.8) is 0 Å². The van der Waals surface area contributed by atoms with E-state index in [9.17, 15) is 5.11 Å². The van der Waals surface area contributed by atoms with Crippen molar-refractivity contribution in [1.82, 2.24) is 0 Å². The average Bonchev–Trinajstić information content (AvgIpc) is 1.96. The molecule has 11 heavy (non-hydrogen) atoms. The number of aliphatic hydroxyl groups is 2. The lowest BCUT2D eigenvalue weighted by Crippen LogP contribution is -2.47. The minimum Gasteiger partial charge on any atom is -0.388 e.